The zero-order valence-corrected chi connectivity index (χ0v) is 20.9. The predicted molar refractivity (Wildman–Crippen MR) is 144 cm³/mol. The second kappa shape index (κ2) is 10.7. The lowest BCUT2D eigenvalue weighted by molar-refractivity contribution is 0.356. The summed E-state index contributed by atoms with van der Waals surface area (Å²) in [6.07, 6.45) is 2.74. The molecule has 3 aromatic carbocycles. The fourth-order valence-corrected chi connectivity index (χ4v) is 4.20. The quantitative estimate of drug-likeness (QED) is 0.260. The molecule has 5 rings (SSSR count). The number of nitrogens with zero attached hydrogens (tertiary/aromatic N) is 2. The third-order valence-corrected chi connectivity index (χ3v) is 5.81. The van der Waals surface area contributed by atoms with Gasteiger partial charge in [-0.05, 0) is 60.2 Å². The van der Waals surface area contributed by atoms with Crippen LogP contribution in [0.25, 0.3) is 32.9 Å². The minimum atomic E-state index is 0. The van der Waals surface area contributed by atoms with Crippen LogP contribution in [-0.2, 0) is 6.42 Å². The molecule has 2 aromatic heterocycles. The lowest BCUT2D eigenvalue weighted by Crippen LogP contribution is -1.98. The second-order valence-corrected chi connectivity index (χ2v) is 7.91. The van der Waals surface area contributed by atoms with Gasteiger partial charge in [-0.2, -0.15) is 0 Å². The molecule has 0 atom stereocenters. The van der Waals surface area contributed by atoms with E-state index in [9.17, 15) is 0 Å². The van der Waals surface area contributed by atoms with Crippen molar-refractivity contribution in [2.75, 3.05) is 14.2 Å². The van der Waals surface area contributed by atoms with Crippen molar-refractivity contribution in [3.05, 3.63) is 95.8 Å². The Morgan fingerprint density at radius 3 is 2.18 bits per heavy atom. The first kappa shape index (κ1) is 25.3. The predicted octanol–water partition coefficient (Wildman–Crippen LogP) is 7.21. The van der Waals surface area contributed by atoms with Crippen molar-refractivity contribution in [2.45, 2.75) is 13.3 Å². The summed E-state index contributed by atoms with van der Waals surface area (Å²) in [4.78, 5) is 9.49. The van der Waals surface area contributed by atoms with Crippen molar-refractivity contribution in [1.82, 2.24) is 9.97 Å². The summed E-state index contributed by atoms with van der Waals surface area (Å²) in [5.41, 5.74) is 6.40. The Kier molecular flexibility index (Phi) is 7.98. The smallest absolute Gasteiger partial charge is 0.161 e. The zero-order valence-electron chi connectivity index (χ0n) is 19.2. The van der Waals surface area contributed by atoms with E-state index in [1.165, 1.54) is 5.56 Å². The monoisotopic (exact) mass is 492 g/mol. The van der Waals surface area contributed by atoms with E-state index in [4.69, 9.17) is 14.5 Å². The summed E-state index contributed by atoms with van der Waals surface area (Å²) >= 11 is 0. The highest BCUT2D eigenvalue weighted by Gasteiger charge is 2.15. The molecule has 0 aliphatic heterocycles. The molecule has 0 fully saturated rings. The molecule has 0 saturated heterocycles. The average molecular weight is 493 g/mol. The van der Waals surface area contributed by atoms with Crippen LogP contribution in [0.4, 0.5) is 0 Å². The van der Waals surface area contributed by atoms with Crippen LogP contribution in [0, 0.1) is 6.92 Å². The van der Waals surface area contributed by atoms with E-state index < -0.39 is 0 Å². The zero-order chi connectivity index (χ0) is 22.1. The molecule has 5 aromatic rings. The Morgan fingerprint density at radius 1 is 0.765 bits per heavy atom. The van der Waals surface area contributed by atoms with Gasteiger partial charge in [-0.3, -0.25) is 9.97 Å². The number of benzene rings is 3. The second-order valence-electron chi connectivity index (χ2n) is 7.91. The van der Waals surface area contributed by atoms with Crippen LogP contribution in [0.5, 0.6) is 11.5 Å². The first-order valence-electron chi connectivity index (χ1n) is 10.6. The fourth-order valence-electron chi connectivity index (χ4n) is 4.20. The van der Waals surface area contributed by atoms with Gasteiger partial charge in [0.25, 0.3) is 0 Å². The Labute approximate surface area is 211 Å². The third kappa shape index (κ3) is 4.79. The summed E-state index contributed by atoms with van der Waals surface area (Å²) in [7, 11) is 3.33. The highest BCUT2D eigenvalue weighted by Crippen LogP contribution is 2.38. The van der Waals surface area contributed by atoms with Crippen LogP contribution in [-0.4, -0.2) is 24.2 Å². The van der Waals surface area contributed by atoms with Gasteiger partial charge in [-0.15, -0.1) is 24.8 Å². The van der Waals surface area contributed by atoms with Gasteiger partial charge in [0.2, 0.25) is 0 Å². The van der Waals surface area contributed by atoms with Gasteiger partial charge in [-0.25, -0.2) is 0 Å². The fraction of sp³-hybridized carbons (Fsp3) is 0.143. The van der Waals surface area contributed by atoms with Crippen molar-refractivity contribution in [3.63, 3.8) is 0 Å². The summed E-state index contributed by atoms with van der Waals surface area (Å²) in [5.74, 6) is 1.41. The first-order chi connectivity index (χ1) is 15.7. The Balaban J connectivity index is 0.00000162. The molecular weight excluding hydrogens is 467 g/mol. The maximum atomic E-state index is 5.61. The van der Waals surface area contributed by atoms with E-state index in [1.807, 2.05) is 37.4 Å². The number of rotatable bonds is 5. The molecule has 0 spiro atoms. The molecule has 4 nitrogen and oxygen atoms in total. The van der Waals surface area contributed by atoms with Crippen molar-refractivity contribution in [1.29, 1.82) is 0 Å². The number of hydrogen-bond acceptors (Lipinski definition) is 4. The summed E-state index contributed by atoms with van der Waals surface area (Å²) in [6.45, 7) is 2.01. The molecule has 34 heavy (non-hydrogen) atoms. The van der Waals surface area contributed by atoms with E-state index in [-0.39, 0.29) is 24.8 Å². The summed E-state index contributed by atoms with van der Waals surface area (Å²) in [6, 6.07) is 24.9. The maximum absolute atomic E-state index is 5.61. The number of methoxy groups -OCH3 is 2. The van der Waals surface area contributed by atoms with Gasteiger partial charge in [-0.1, -0.05) is 42.5 Å². The number of pyridine rings is 2. The van der Waals surface area contributed by atoms with E-state index in [0.717, 1.165) is 50.6 Å². The first-order valence-corrected chi connectivity index (χ1v) is 10.6. The molecular formula is C28H26Cl2N2O2. The molecule has 0 aliphatic carbocycles. The van der Waals surface area contributed by atoms with E-state index in [2.05, 4.69) is 53.5 Å². The molecule has 0 bridgehead atoms. The van der Waals surface area contributed by atoms with Crippen molar-refractivity contribution in [2.24, 2.45) is 0 Å². The van der Waals surface area contributed by atoms with Crippen molar-refractivity contribution < 1.29 is 9.47 Å². The van der Waals surface area contributed by atoms with Crippen LogP contribution < -0.4 is 9.47 Å². The number of aryl methyl sites for hydroxylation is 1. The Hall–Kier alpha value is -3.34. The van der Waals surface area contributed by atoms with Gasteiger partial charge >= 0.3 is 0 Å². The summed E-state index contributed by atoms with van der Waals surface area (Å²) < 4.78 is 11.2. The summed E-state index contributed by atoms with van der Waals surface area (Å²) in [5, 5.41) is 3.30. The third-order valence-electron chi connectivity index (χ3n) is 5.81. The Morgan fingerprint density at radius 2 is 1.47 bits per heavy atom. The van der Waals surface area contributed by atoms with E-state index in [0.29, 0.717) is 11.5 Å². The normalized spacial score (nSPS) is 10.4. The van der Waals surface area contributed by atoms with E-state index in [1.54, 1.807) is 14.2 Å². The van der Waals surface area contributed by atoms with Crippen molar-refractivity contribution in [3.8, 4) is 22.8 Å². The minimum absolute atomic E-state index is 0. The van der Waals surface area contributed by atoms with Crippen LogP contribution in [0.3, 0.4) is 0 Å². The number of hydrogen-bond donors (Lipinski definition) is 0. The molecule has 0 amide bonds. The minimum Gasteiger partial charge on any atom is -0.493 e. The molecule has 0 saturated carbocycles. The van der Waals surface area contributed by atoms with Gasteiger partial charge in [0, 0.05) is 28.2 Å². The number of fused-ring (bicyclic) bond motifs is 2. The van der Waals surface area contributed by atoms with Crippen LogP contribution in [0.1, 0.15) is 16.8 Å². The van der Waals surface area contributed by atoms with Crippen LogP contribution in [0.2, 0.25) is 0 Å². The average Bonchev–Trinajstić information content (AvgIpc) is 2.84. The van der Waals surface area contributed by atoms with E-state index >= 15 is 0 Å². The lowest BCUT2D eigenvalue weighted by atomic mass is 9.96. The number of halogens is 2. The van der Waals surface area contributed by atoms with Crippen LogP contribution >= 0.6 is 24.8 Å². The molecule has 0 aliphatic rings. The SMILES string of the molecule is COc1cc2c(Cc3ccc4nc(C)ccc4c3)cnc(-c3ccccc3)c2cc1OC.Cl.Cl. The number of aromatic nitrogens is 2. The standard InChI is InChI=1S/C28H24N2O2.2ClH/c1-18-9-11-21-13-19(10-12-25(21)30-18)14-22-17-29-28(20-7-5-4-6-8-20)24-16-27(32-3)26(31-2)15-23(22)24;;/h4-13,15-17H,14H2,1-3H3;2*1H. The highest BCUT2D eigenvalue weighted by atomic mass is 35.5. The van der Waals surface area contributed by atoms with Crippen LogP contribution in [0.15, 0.2) is 79.0 Å². The largest absolute Gasteiger partial charge is 0.493 e. The molecule has 0 unspecified atom stereocenters. The molecule has 0 radical (unpaired) electrons. The Bertz CT molecular complexity index is 1440. The molecule has 2 heterocycles. The van der Waals surface area contributed by atoms with Gasteiger partial charge in [0.05, 0.1) is 25.4 Å². The highest BCUT2D eigenvalue weighted by molar-refractivity contribution is 5.98. The maximum Gasteiger partial charge on any atom is 0.161 e. The number of ether oxygens (including phenoxy) is 2. The van der Waals surface area contributed by atoms with Gasteiger partial charge < -0.3 is 9.47 Å². The van der Waals surface area contributed by atoms with Gasteiger partial charge in [0.1, 0.15) is 0 Å². The molecule has 174 valence electrons. The molecule has 0 N–H and O–H groups in total. The topological polar surface area (TPSA) is 44.2 Å². The van der Waals surface area contributed by atoms with Crippen molar-refractivity contribution >= 4 is 46.5 Å². The lowest BCUT2D eigenvalue weighted by Gasteiger charge is -2.15. The molecule has 6 heteroatoms. The van der Waals surface area contributed by atoms with Gasteiger partial charge in [0.15, 0.2) is 11.5 Å².